The van der Waals surface area contributed by atoms with E-state index in [1.54, 1.807) is 12.1 Å². The zero-order valence-electron chi connectivity index (χ0n) is 16.7. The fourth-order valence-electron chi connectivity index (χ4n) is 2.62. The number of hydrogen-bond donors (Lipinski definition) is 1. The highest BCUT2D eigenvalue weighted by molar-refractivity contribution is 6.00. The molecule has 0 atom stereocenters. The van der Waals surface area contributed by atoms with Crippen LogP contribution in [-0.2, 0) is 9.59 Å². The average Bonchev–Trinajstić information content (AvgIpc) is 2.68. The minimum absolute atomic E-state index is 0.188. The molecule has 2 N–H and O–H groups in total. The Morgan fingerprint density at radius 1 is 1.10 bits per heavy atom. The van der Waals surface area contributed by atoms with E-state index >= 15 is 0 Å². The summed E-state index contributed by atoms with van der Waals surface area (Å²) in [5.41, 5.74) is 8.50. The number of nitrogens with two attached hydrogens (primary N) is 1. The van der Waals surface area contributed by atoms with Gasteiger partial charge in [0.1, 0.15) is 17.4 Å². The Bertz CT molecular complexity index is 1020. The van der Waals surface area contributed by atoms with E-state index in [9.17, 15) is 9.59 Å². The number of carbonyl (C=O) groups excluding carboxylic acids is 2. The molecule has 2 aromatic carbocycles. The first-order valence-electron chi connectivity index (χ1n) is 8.76. The number of rotatable bonds is 7. The molecule has 0 bridgehead atoms. The van der Waals surface area contributed by atoms with Crippen molar-refractivity contribution in [2.24, 2.45) is 5.73 Å². The third-order valence-corrected chi connectivity index (χ3v) is 4.22. The Morgan fingerprint density at radius 3 is 2.45 bits per heavy atom. The van der Waals surface area contributed by atoms with Crippen LogP contribution in [0.4, 0.5) is 0 Å². The molecule has 0 aromatic heterocycles. The van der Waals surface area contributed by atoms with Crippen molar-refractivity contribution in [1.29, 1.82) is 5.26 Å². The molecule has 0 aliphatic carbocycles. The monoisotopic (exact) mass is 394 g/mol. The summed E-state index contributed by atoms with van der Waals surface area (Å²) in [7, 11) is 1.41. The van der Waals surface area contributed by atoms with Gasteiger partial charge in [0.2, 0.25) is 0 Å². The normalized spacial score (nSPS) is 10.8. The van der Waals surface area contributed by atoms with Gasteiger partial charge in [-0.25, -0.2) is 4.79 Å². The smallest absolute Gasteiger partial charge is 0.349 e. The van der Waals surface area contributed by atoms with Crippen LogP contribution in [0.3, 0.4) is 0 Å². The fourth-order valence-corrected chi connectivity index (χ4v) is 2.62. The maximum atomic E-state index is 12.2. The van der Waals surface area contributed by atoms with Crippen molar-refractivity contribution in [3.63, 3.8) is 0 Å². The Labute approximate surface area is 169 Å². The van der Waals surface area contributed by atoms with Gasteiger partial charge in [-0.3, -0.25) is 4.79 Å². The van der Waals surface area contributed by atoms with E-state index in [4.69, 9.17) is 25.2 Å². The predicted octanol–water partition coefficient (Wildman–Crippen LogP) is 3.00. The summed E-state index contributed by atoms with van der Waals surface area (Å²) in [6, 6.07) is 10.2. The molecule has 1 amide bonds. The van der Waals surface area contributed by atoms with Crippen molar-refractivity contribution in [3.05, 3.63) is 58.2 Å². The van der Waals surface area contributed by atoms with Crippen LogP contribution in [0, 0.1) is 32.1 Å². The van der Waals surface area contributed by atoms with Crippen molar-refractivity contribution in [1.82, 2.24) is 0 Å². The number of benzene rings is 2. The summed E-state index contributed by atoms with van der Waals surface area (Å²) >= 11 is 0. The maximum Gasteiger partial charge on any atom is 0.349 e. The first kappa shape index (κ1) is 21.5. The molecule has 0 heterocycles. The summed E-state index contributed by atoms with van der Waals surface area (Å²) in [6.45, 7) is 5.58. The number of methoxy groups -OCH3 is 1. The quantitative estimate of drug-likeness (QED) is 0.334. The second-order valence-corrected chi connectivity index (χ2v) is 6.41. The summed E-state index contributed by atoms with van der Waals surface area (Å²) in [6.07, 6.45) is 1.32. The molecule has 7 nitrogen and oxygen atoms in total. The largest absolute Gasteiger partial charge is 0.493 e. The molecule has 29 heavy (non-hydrogen) atoms. The number of hydrogen-bond acceptors (Lipinski definition) is 6. The van der Waals surface area contributed by atoms with E-state index in [0.717, 1.165) is 16.7 Å². The number of nitrogens with zero attached hydrogens (tertiary/aromatic N) is 1. The van der Waals surface area contributed by atoms with Gasteiger partial charge in [0, 0.05) is 0 Å². The molecule has 0 saturated carbocycles. The van der Waals surface area contributed by atoms with Gasteiger partial charge in [0.25, 0.3) is 5.91 Å². The van der Waals surface area contributed by atoms with Gasteiger partial charge in [-0.05, 0) is 67.3 Å². The lowest BCUT2D eigenvalue weighted by molar-refractivity contribution is -0.136. The van der Waals surface area contributed by atoms with Gasteiger partial charge in [-0.2, -0.15) is 5.26 Å². The van der Waals surface area contributed by atoms with Crippen LogP contribution in [0.2, 0.25) is 0 Å². The molecule has 2 aromatic rings. The van der Waals surface area contributed by atoms with Gasteiger partial charge in [0.05, 0.1) is 7.11 Å². The third-order valence-electron chi connectivity index (χ3n) is 4.22. The lowest BCUT2D eigenvalue weighted by atomic mass is 10.1. The molecule has 0 fully saturated rings. The van der Waals surface area contributed by atoms with Crippen LogP contribution < -0.4 is 19.9 Å². The summed E-state index contributed by atoms with van der Waals surface area (Å²) in [4.78, 5) is 23.4. The van der Waals surface area contributed by atoms with Crippen LogP contribution in [-0.4, -0.2) is 25.6 Å². The first-order chi connectivity index (χ1) is 13.7. The van der Waals surface area contributed by atoms with Crippen molar-refractivity contribution in [3.8, 4) is 23.3 Å². The standard InChI is InChI=1S/C22H22N2O5/c1-13-7-14(2)15(3)19(8-13)28-12-21(25)29-18-6-5-16(10-20(18)27-4)9-17(11-23)22(24)26/h5-10H,12H2,1-4H3,(H2,24,26)/b17-9+. The molecule has 0 saturated heterocycles. The van der Waals surface area contributed by atoms with Crippen molar-refractivity contribution >= 4 is 18.0 Å². The highest BCUT2D eigenvalue weighted by Gasteiger charge is 2.13. The van der Waals surface area contributed by atoms with Crippen LogP contribution in [0.15, 0.2) is 35.9 Å². The molecule has 0 spiro atoms. The van der Waals surface area contributed by atoms with Crippen molar-refractivity contribution in [2.75, 3.05) is 13.7 Å². The number of primary amides is 1. The topological polar surface area (TPSA) is 112 Å². The molecule has 0 aliphatic rings. The Balaban J connectivity index is 2.12. The second-order valence-electron chi connectivity index (χ2n) is 6.41. The predicted molar refractivity (Wildman–Crippen MR) is 108 cm³/mol. The van der Waals surface area contributed by atoms with Gasteiger partial charge in [-0.1, -0.05) is 12.1 Å². The van der Waals surface area contributed by atoms with Crippen LogP contribution in [0.5, 0.6) is 17.2 Å². The minimum Gasteiger partial charge on any atom is -0.493 e. The van der Waals surface area contributed by atoms with Crippen LogP contribution >= 0.6 is 0 Å². The molecular weight excluding hydrogens is 372 g/mol. The van der Waals surface area contributed by atoms with E-state index in [-0.39, 0.29) is 23.7 Å². The number of amides is 1. The van der Waals surface area contributed by atoms with Gasteiger partial charge >= 0.3 is 5.97 Å². The highest BCUT2D eigenvalue weighted by atomic mass is 16.6. The Kier molecular flexibility index (Phi) is 6.99. The summed E-state index contributed by atoms with van der Waals surface area (Å²) in [5, 5.41) is 8.93. The Hall–Kier alpha value is -3.79. The zero-order valence-corrected chi connectivity index (χ0v) is 16.7. The summed E-state index contributed by atoms with van der Waals surface area (Å²) in [5.74, 6) is -0.354. The number of ether oxygens (including phenoxy) is 3. The van der Waals surface area contributed by atoms with E-state index in [1.165, 1.54) is 25.3 Å². The number of carbonyl (C=O) groups is 2. The molecule has 0 aliphatic heterocycles. The molecule has 2 rings (SSSR count). The highest BCUT2D eigenvalue weighted by Crippen LogP contribution is 2.29. The molecule has 7 heteroatoms. The van der Waals surface area contributed by atoms with E-state index in [0.29, 0.717) is 11.3 Å². The molecular formula is C22H22N2O5. The number of aryl methyl sites for hydroxylation is 2. The third kappa shape index (κ3) is 5.59. The van der Waals surface area contributed by atoms with Gasteiger partial charge in [-0.15, -0.1) is 0 Å². The van der Waals surface area contributed by atoms with E-state index in [1.807, 2.05) is 32.9 Å². The SMILES string of the molecule is COc1cc(/C=C(\C#N)C(N)=O)ccc1OC(=O)COc1cc(C)cc(C)c1C. The number of esters is 1. The molecule has 0 radical (unpaired) electrons. The lowest BCUT2D eigenvalue weighted by Crippen LogP contribution is -2.18. The molecule has 150 valence electrons. The van der Waals surface area contributed by atoms with Gasteiger partial charge < -0.3 is 19.9 Å². The lowest BCUT2D eigenvalue weighted by Gasteiger charge is -2.13. The fraction of sp³-hybridized carbons (Fsp3) is 0.227. The van der Waals surface area contributed by atoms with Crippen LogP contribution in [0.1, 0.15) is 22.3 Å². The molecule has 0 unspecified atom stereocenters. The number of nitriles is 1. The van der Waals surface area contributed by atoms with Gasteiger partial charge in [0.15, 0.2) is 18.1 Å². The first-order valence-corrected chi connectivity index (χ1v) is 8.76. The minimum atomic E-state index is -0.833. The summed E-state index contributed by atoms with van der Waals surface area (Å²) < 4.78 is 16.2. The van der Waals surface area contributed by atoms with Crippen molar-refractivity contribution < 1.29 is 23.8 Å². The van der Waals surface area contributed by atoms with E-state index in [2.05, 4.69) is 0 Å². The second kappa shape index (κ2) is 9.42. The van der Waals surface area contributed by atoms with Crippen LogP contribution in [0.25, 0.3) is 6.08 Å². The van der Waals surface area contributed by atoms with Crippen molar-refractivity contribution in [2.45, 2.75) is 20.8 Å². The average molecular weight is 394 g/mol. The Morgan fingerprint density at radius 2 is 1.83 bits per heavy atom. The zero-order chi connectivity index (χ0) is 21.6. The van der Waals surface area contributed by atoms with E-state index < -0.39 is 11.9 Å². The maximum absolute atomic E-state index is 12.2.